The molecule has 104 valence electrons. The van der Waals surface area contributed by atoms with E-state index in [0.717, 1.165) is 10.0 Å². The smallest absolute Gasteiger partial charge is 0.128 e. The Hall–Kier alpha value is -1.10. The summed E-state index contributed by atoms with van der Waals surface area (Å²) in [7, 11) is 0. The highest BCUT2D eigenvalue weighted by atomic mass is 79.9. The summed E-state index contributed by atoms with van der Waals surface area (Å²) in [5.41, 5.74) is 1.29. The third-order valence-electron chi connectivity index (χ3n) is 3.35. The average molecular weight is 358 g/mol. The van der Waals surface area contributed by atoms with Crippen LogP contribution in [-0.2, 0) is 0 Å². The molecule has 0 fully saturated rings. The Balaban J connectivity index is 1.97. The van der Waals surface area contributed by atoms with Crippen LogP contribution < -0.4 is 4.74 Å². The summed E-state index contributed by atoms with van der Waals surface area (Å²) in [6.07, 6.45) is -0.764. The van der Waals surface area contributed by atoms with Gasteiger partial charge in [-0.15, -0.1) is 0 Å². The van der Waals surface area contributed by atoms with E-state index < -0.39 is 6.10 Å². The molecule has 0 radical (unpaired) electrons. The Morgan fingerprint density at radius 1 is 1.20 bits per heavy atom. The number of aliphatic hydroxyl groups excluding tert-OH is 1. The van der Waals surface area contributed by atoms with Crippen molar-refractivity contribution >= 4 is 27.5 Å². The minimum Gasteiger partial charge on any atom is -0.485 e. The van der Waals surface area contributed by atoms with Crippen LogP contribution in [0.2, 0.25) is 5.02 Å². The van der Waals surface area contributed by atoms with E-state index in [4.69, 9.17) is 16.3 Å². The van der Waals surface area contributed by atoms with Crippen LogP contribution in [0.25, 0.3) is 0 Å². The van der Waals surface area contributed by atoms with E-state index in [-0.39, 0.29) is 11.9 Å². The number of halogens is 3. The molecule has 5 heteroatoms. The Bertz CT molecular complexity index is 662. The van der Waals surface area contributed by atoms with Crippen LogP contribution in [0.3, 0.4) is 0 Å². The van der Waals surface area contributed by atoms with Crippen molar-refractivity contribution in [3.8, 4) is 5.75 Å². The van der Waals surface area contributed by atoms with Crippen molar-refractivity contribution < 1.29 is 14.2 Å². The van der Waals surface area contributed by atoms with Crippen molar-refractivity contribution in [2.45, 2.75) is 18.6 Å². The van der Waals surface area contributed by atoms with Gasteiger partial charge in [0.25, 0.3) is 0 Å². The van der Waals surface area contributed by atoms with Crippen LogP contribution in [0.4, 0.5) is 4.39 Å². The van der Waals surface area contributed by atoms with Gasteiger partial charge in [0.05, 0.1) is 6.10 Å². The van der Waals surface area contributed by atoms with E-state index in [2.05, 4.69) is 15.9 Å². The van der Waals surface area contributed by atoms with Gasteiger partial charge < -0.3 is 9.84 Å². The molecule has 1 aliphatic heterocycles. The van der Waals surface area contributed by atoms with E-state index in [1.54, 1.807) is 6.07 Å². The first kappa shape index (κ1) is 13.9. The van der Waals surface area contributed by atoms with Gasteiger partial charge in [-0.2, -0.15) is 0 Å². The lowest BCUT2D eigenvalue weighted by Gasteiger charge is -2.30. The fourth-order valence-electron chi connectivity index (χ4n) is 2.37. The molecule has 1 N–H and O–H groups in total. The number of benzene rings is 2. The predicted octanol–water partition coefficient (Wildman–Crippen LogP) is 4.80. The molecule has 1 unspecified atom stereocenters. The number of hydrogen-bond acceptors (Lipinski definition) is 2. The Kier molecular flexibility index (Phi) is 3.71. The van der Waals surface area contributed by atoms with Crippen LogP contribution in [0.1, 0.15) is 29.8 Å². The maximum Gasteiger partial charge on any atom is 0.128 e. The topological polar surface area (TPSA) is 29.5 Å². The summed E-state index contributed by atoms with van der Waals surface area (Å²) in [4.78, 5) is 0. The van der Waals surface area contributed by atoms with Gasteiger partial charge in [0.1, 0.15) is 17.7 Å². The van der Waals surface area contributed by atoms with Gasteiger partial charge in [-0.05, 0) is 30.3 Å². The quantitative estimate of drug-likeness (QED) is 0.794. The predicted molar refractivity (Wildman–Crippen MR) is 78.5 cm³/mol. The SMILES string of the molecule is O[C@@H]1CC(c2ccc(Br)cc2Cl)Oc2ccc(F)cc21. The maximum atomic E-state index is 13.2. The second kappa shape index (κ2) is 5.35. The molecule has 2 aromatic rings. The maximum absolute atomic E-state index is 13.2. The van der Waals surface area contributed by atoms with Crippen molar-refractivity contribution in [2.24, 2.45) is 0 Å². The summed E-state index contributed by atoms with van der Waals surface area (Å²) >= 11 is 9.56. The zero-order valence-corrected chi connectivity index (χ0v) is 12.7. The third-order valence-corrected chi connectivity index (χ3v) is 4.17. The molecule has 0 saturated heterocycles. The van der Waals surface area contributed by atoms with Crippen LogP contribution in [0, 0.1) is 5.82 Å². The standard InChI is InChI=1S/C15H11BrClFO2/c16-8-1-3-10(12(17)5-8)15-7-13(19)11-6-9(18)2-4-14(11)20-15/h1-6,13,15,19H,7H2/t13-,15?/m1/s1. The second-order valence-electron chi connectivity index (χ2n) is 4.71. The molecule has 1 aliphatic rings. The molecule has 0 spiro atoms. The lowest BCUT2D eigenvalue weighted by atomic mass is 9.95. The van der Waals surface area contributed by atoms with Gasteiger partial charge in [-0.1, -0.05) is 33.6 Å². The van der Waals surface area contributed by atoms with Crippen LogP contribution >= 0.6 is 27.5 Å². The van der Waals surface area contributed by atoms with Crippen LogP contribution in [0.5, 0.6) is 5.75 Å². The lowest BCUT2D eigenvalue weighted by molar-refractivity contribution is 0.0654. The fraction of sp³-hybridized carbons (Fsp3) is 0.200. The van der Waals surface area contributed by atoms with E-state index in [0.29, 0.717) is 22.8 Å². The third kappa shape index (κ3) is 2.55. The molecule has 0 aliphatic carbocycles. The first-order valence-corrected chi connectivity index (χ1v) is 7.31. The normalized spacial score (nSPS) is 21.2. The molecule has 1 heterocycles. The van der Waals surface area contributed by atoms with E-state index in [9.17, 15) is 9.50 Å². The second-order valence-corrected chi connectivity index (χ2v) is 6.03. The highest BCUT2D eigenvalue weighted by molar-refractivity contribution is 9.10. The number of rotatable bonds is 1. The van der Waals surface area contributed by atoms with Gasteiger partial charge in [0, 0.05) is 27.0 Å². The molecule has 2 atom stereocenters. The summed E-state index contributed by atoms with van der Waals surface area (Å²) in [6, 6.07) is 9.67. The Morgan fingerprint density at radius 2 is 2.00 bits per heavy atom. The highest BCUT2D eigenvalue weighted by Gasteiger charge is 2.29. The molecule has 0 amide bonds. The Labute approximate surface area is 129 Å². The zero-order chi connectivity index (χ0) is 14.3. The van der Waals surface area contributed by atoms with Gasteiger partial charge >= 0.3 is 0 Å². The van der Waals surface area contributed by atoms with Gasteiger partial charge in [-0.25, -0.2) is 4.39 Å². The summed E-state index contributed by atoms with van der Waals surface area (Å²) in [6.45, 7) is 0. The molecule has 20 heavy (non-hydrogen) atoms. The monoisotopic (exact) mass is 356 g/mol. The van der Waals surface area contributed by atoms with Crippen molar-refractivity contribution in [1.82, 2.24) is 0 Å². The molecular formula is C15H11BrClFO2. The molecule has 0 aromatic heterocycles. The molecule has 0 saturated carbocycles. The van der Waals surface area contributed by atoms with Gasteiger partial charge in [0.15, 0.2) is 0 Å². The minimum absolute atomic E-state index is 0.344. The Morgan fingerprint density at radius 3 is 2.75 bits per heavy atom. The van der Waals surface area contributed by atoms with E-state index in [1.807, 2.05) is 12.1 Å². The van der Waals surface area contributed by atoms with Gasteiger partial charge in [0.2, 0.25) is 0 Å². The summed E-state index contributed by atoms with van der Waals surface area (Å²) < 4.78 is 19.9. The fourth-order valence-corrected chi connectivity index (χ4v) is 3.17. The van der Waals surface area contributed by atoms with Crippen molar-refractivity contribution in [3.63, 3.8) is 0 Å². The summed E-state index contributed by atoms with van der Waals surface area (Å²) in [5, 5.41) is 10.7. The largest absolute Gasteiger partial charge is 0.485 e. The number of aliphatic hydroxyl groups is 1. The van der Waals surface area contributed by atoms with E-state index >= 15 is 0 Å². The molecule has 0 bridgehead atoms. The first-order valence-electron chi connectivity index (χ1n) is 6.13. The minimum atomic E-state index is -0.765. The van der Waals surface area contributed by atoms with Crippen LogP contribution in [0.15, 0.2) is 40.9 Å². The molecular weight excluding hydrogens is 347 g/mol. The molecule has 2 nitrogen and oxygen atoms in total. The lowest BCUT2D eigenvalue weighted by Crippen LogP contribution is -2.19. The van der Waals surface area contributed by atoms with Crippen LogP contribution in [-0.4, -0.2) is 5.11 Å². The number of fused-ring (bicyclic) bond motifs is 1. The number of ether oxygens (including phenoxy) is 1. The van der Waals surface area contributed by atoms with E-state index in [1.165, 1.54) is 18.2 Å². The van der Waals surface area contributed by atoms with Crippen molar-refractivity contribution in [1.29, 1.82) is 0 Å². The van der Waals surface area contributed by atoms with Gasteiger partial charge in [-0.3, -0.25) is 0 Å². The molecule has 3 rings (SSSR count). The highest BCUT2D eigenvalue weighted by Crippen LogP contribution is 2.42. The zero-order valence-electron chi connectivity index (χ0n) is 10.3. The number of hydrogen-bond donors (Lipinski definition) is 1. The van der Waals surface area contributed by atoms with Crippen molar-refractivity contribution in [3.05, 3.63) is 62.8 Å². The van der Waals surface area contributed by atoms with Crippen molar-refractivity contribution in [2.75, 3.05) is 0 Å². The average Bonchev–Trinajstić information content (AvgIpc) is 2.39. The first-order chi connectivity index (χ1) is 9.54. The molecule has 2 aromatic carbocycles. The summed E-state index contributed by atoms with van der Waals surface area (Å²) in [5.74, 6) is 0.112.